The van der Waals surface area contributed by atoms with Crippen LogP contribution in [0.1, 0.15) is 34.5 Å². The molecule has 144 valence electrons. The van der Waals surface area contributed by atoms with E-state index in [2.05, 4.69) is 5.32 Å². The summed E-state index contributed by atoms with van der Waals surface area (Å²) in [5, 5.41) is 3.83. The number of hydrogen-bond acceptors (Lipinski definition) is 3. The highest BCUT2D eigenvalue weighted by atomic mass is 35.5. The van der Waals surface area contributed by atoms with Crippen molar-refractivity contribution in [1.29, 1.82) is 0 Å². The molecule has 2 aromatic rings. The Morgan fingerprint density at radius 1 is 1.22 bits per heavy atom. The molecule has 1 aromatic heterocycles. The first kappa shape index (κ1) is 19.7. The van der Waals surface area contributed by atoms with Gasteiger partial charge in [0.25, 0.3) is 5.91 Å². The van der Waals surface area contributed by atoms with E-state index in [1.54, 1.807) is 17.5 Å². The molecule has 0 aliphatic carbocycles. The van der Waals surface area contributed by atoms with Gasteiger partial charge in [0.1, 0.15) is 6.04 Å². The summed E-state index contributed by atoms with van der Waals surface area (Å²) in [6, 6.07) is 5.92. The van der Waals surface area contributed by atoms with Crippen molar-refractivity contribution >= 4 is 40.4 Å². The van der Waals surface area contributed by atoms with Crippen LogP contribution in [0.2, 0.25) is 5.02 Å². The quantitative estimate of drug-likeness (QED) is 0.760. The third-order valence-electron chi connectivity index (χ3n) is 4.34. The molecule has 0 saturated carbocycles. The minimum absolute atomic E-state index is 0.00850. The van der Waals surface area contributed by atoms with Crippen LogP contribution in [0.3, 0.4) is 0 Å². The van der Waals surface area contributed by atoms with E-state index in [9.17, 15) is 22.8 Å². The van der Waals surface area contributed by atoms with Crippen LogP contribution in [0.25, 0.3) is 0 Å². The number of rotatable bonds is 3. The Balaban J connectivity index is 1.79. The molecule has 4 nitrogen and oxygen atoms in total. The third kappa shape index (κ3) is 4.44. The van der Waals surface area contributed by atoms with Crippen molar-refractivity contribution in [3.63, 3.8) is 0 Å². The number of amides is 2. The Hall–Kier alpha value is -2.06. The van der Waals surface area contributed by atoms with Crippen LogP contribution in [0.15, 0.2) is 35.7 Å². The molecule has 1 aliphatic heterocycles. The van der Waals surface area contributed by atoms with E-state index in [1.807, 2.05) is 0 Å². The first-order valence-corrected chi connectivity index (χ1v) is 9.55. The SMILES string of the molecule is O=C(Nc1ccc(Cl)c(C(F)(F)F)c1)[C@H]1CCCCN1C(=O)c1cccs1. The lowest BCUT2D eigenvalue weighted by atomic mass is 10.0. The molecule has 1 aromatic carbocycles. The molecule has 2 amide bonds. The molecular weight excluding hydrogens is 401 g/mol. The highest BCUT2D eigenvalue weighted by Gasteiger charge is 2.35. The Morgan fingerprint density at radius 2 is 2.00 bits per heavy atom. The second kappa shape index (κ2) is 7.90. The number of halogens is 4. The number of nitrogens with zero attached hydrogens (tertiary/aromatic N) is 1. The van der Waals surface area contributed by atoms with Gasteiger partial charge < -0.3 is 10.2 Å². The van der Waals surface area contributed by atoms with Gasteiger partial charge in [0.05, 0.1) is 15.5 Å². The maximum absolute atomic E-state index is 13.0. The lowest BCUT2D eigenvalue weighted by molar-refractivity contribution is -0.137. The zero-order chi connectivity index (χ0) is 19.6. The first-order chi connectivity index (χ1) is 12.8. The number of nitrogens with one attached hydrogen (secondary N) is 1. The second-order valence-electron chi connectivity index (χ2n) is 6.17. The van der Waals surface area contributed by atoms with E-state index in [4.69, 9.17) is 11.6 Å². The second-order valence-corrected chi connectivity index (χ2v) is 7.52. The van der Waals surface area contributed by atoms with Crippen LogP contribution in [0.4, 0.5) is 18.9 Å². The van der Waals surface area contributed by atoms with Gasteiger partial charge in [0.2, 0.25) is 5.91 Å². The van der Waals surface area contributed by atoms with Gasteiger partial charge >= 0.3 is 6.18 Å². The summed E-state index contributed by atoms with van der Waals surface area (Å²) in [4.78, 5) is 27.4. The van der Waals surface area contributed by atoms with E-state index < -0.39 is 28.7 Å². The van der Waals surface area contributed by atoms with Crippen LogP contribution >= 0.6 is 22.9 Å². The monoisotopic (exact) mass is 416 g/mol. The number of carbonyl (C=O) groups is 2. The molecule has 1 atom stereocenters. The molecule has 27 heavy (non-hydrogen) atoms. The topological polar surface area (TPSA) is 49.4 Å². The number of likely N-dealkylation sites (tertiary alicyclic amines) is 1. The van der Waals surface area contributed by atoms with Gasteiger partial charge in [0.15, 0.2) is 0 Å². The van der Waals surface area contributed by atoms with Gasteiger partial charge in [-0.2, -0.15) is 13.2 Å². The van der Waals surface area contributed by atoms with Crippen molar-refractivity contribution in [3.8, 4) is 0 Å². The Labute approximate surface area is 162 Å². The fraction of sp³-hybridized carbons (Fsp3) is 0.333. The van der Waals surface area contributed by atoms with Crippen LogP contribution in [0, 0.1) is 0 Å². The Bertz CT molecular complexity index is 840. The predicted molar refractivity (Wildman–Crippen MR) is 98.1 cm³/mol. The molecular formula is C18H16ClF3N2O2S. The zero-order valence-electron chi connectivity index (χ0n) is 14.1. The van der Waals surface area contributed by atoms with Gasteiger partial charge in [-0.25, -0.2) is 0 Å². The molecule has 2 heterocycles. The van der Waals surface area contributed by atoms with Crippen molar-refractivity contribution < 1.29 is 22.8 Å². The normalized spacial score (nSPS) is 17.6. The maximum atomic E-state index is 13.0. The van der Waals surface area contributed by atoms with E-state index in [1.165, 1.54) is 22.3 Å². The molecule has 0 spiro atoms. The molecule has 0 radical (unpaired) electrons. The molecule has 1 N–H and O–H groups in total. The third-order valence-corrected chi connectivity index (χ3v) is 5.53. The number of alkyl halides is 3. The van der Waals surface area contributed by atoms with Crippen molar-refractivity contribution in [3.05, 3.63) is 51.2 Å². The van der Waals surface area contributed by atoms with Crippen LogP contribution in [-0.2, 0) is 11.0 Å². The fourth-order valence-corrected chi connectivity index (χ4v) is 3.94. The van der Waals surface area contributed by atoms with Gasteiger partial charge in [-0.05, 0) is 48.9 Å². The van der Waals surface area contributed by atoms with Crippen molar-refractivity contribution in [2.24, 2.45) is 0 Å². The maximum Gasteiger partial charge on any atom is 0.417 e. The fourth-order valence-electron chi connectivity index (χ4n) is 3.03. The lowest BCUT2D eigenvalue weighted by Gasteiger charge is -2.34. The summed E-state index contributed by atoms with van der Waals surface area (Å²) in [6.45, 7) is 0.434. The van der Waals surface area contributed by atoms with E-state index >= 15 is 0 Å². The standard InChI is InChI=1S/C18H16ClF3N2O2S/c19-13-7-6-11(10-12(13)18(20,21)22)23-16(25)14-4-1-2-8-24(14)17(26)15-5-3-9-27-15/h3,5-7,9-10,14H,1-2,4,8H2,(H,23,25)/t14-/m1/s1. The zero-order valence-corrected chi connectivity index (χ0v) is 15.6. The minimum atomic E-state index is -4.62. The molecule has 9 heteroatoms. The van der Waals surface area contributed by atoms with Crippen LogP contribution in [0.5, 0.6) is 0 Å². The largest absolute Gasteiger partial charge is 0.417 e. The van der Waals surface area contributed by atoms with Gasteiger partial charge in [-0.3, -0.25) is 9.59 Å². The molecule has 1 fully saturated rings. The van der Waals surface area contributed by atoms with E-state index in [0.717, 1.165) is 25.0 Å². The molecule has 1 saturated heterocycles. The summed E-state index contributed by atoms with van der Waals surface area (Å²) in [7, 11) is 0. The molecule has 1 aliphatic rings. The van der Waals surface area contributed by atoms with E-state index in [0.29, 0.717) is 17.8 Å². The van der Waals surface area contributed by atoms with Crippen LogP contribution < -0.4 is 5.32 Å². The average Bonchev–Trinajstić information content (AvgIpc) is 3.16. The highest BCUT2D eigenvalue weighted by Crippen LogP contribution is 2.36. The smallest absolute Gasteiger partial charge is 0.326 e. The summed E-state index contributed by atoms with van der Waals surface area (Å²) in [5.74, 6) is -0.744. The van der Waals surface area contributed by atoms with Crippen LogP contribution in [-0.4, -0.2) is 29.3 Å². The van der Waals surface area contributed by atoms with Gasteiger partial charge in [-0.1, -0.05) is 17.7 Å². The highest BCUT2D eigenvalue weighted by molar-refractivity contribution is 7.12. The Morgan fingerprint density at radius 3 is 2.67 bits per heavy atom. The number of benzene rings is 1. The van der Waals surface area contributed by atoms with Gasteiger partial charge in [-0.15, -0.1) is 11.3 Å². The lowest BCUT2D eigenvalue weighted by Crippen LogP contribution is -2.49. The summed E-state index contributed by atoms with van der Waals surface area (Å²) in [5.41, 5.74) is -1.03. The first-order valence-electron chi connectivity index (χ1n) is 8.29. The van der Waals surface area contributed by atoms with Crippen molar-refractivity contribution in [2.45, 2.75) is 31.5 Å². The Kier molecular flexibility index (Phi) is 5.76. The summed E-state index contributed by atoms with van der Waals surface area (Å²) < 4.78 is 39.0. The predicted octanol–water partition coefficient (Wildman–Crippen LogP) is 5.05. The van der Waals surface area contributed by atoms with Gasteiger partial charge in [0, 0.05) is 12.2 Å². The molecule has 0 unspecified atom stereocenters. The van der Waals surface area contributed by atoms with Crippen molar-refractivity contribution in [1.82, 2.24) is 4.90 Å². The van der Waals surface area contributed by atoms with E-state index in [-0.39, 0.29) is 11.6 Å². The number of thiophene rings is 1. The number of hydrogen-bond donors (Lipinski definition) is 1. The molecule has 3 rings (SSSR count). The number of carbonyl (C=O) groups excluding carboxylic acids is 2. The average molecular weight is 417 g/mol. The summed E-state index contributed by atoms with van der Waals surface area (Å²) >= 11 is 6.89. The number of anilines is 1. The molecule has 0 bridgehead atoms. The minimum Gasteiger partial charge on any atom is -0.326 e. The number of piperidine rings is 1. The van der Waals surface area contributed by atoms with Crippen molar-refractivity contribution in [2.75, 3.05) is 11.9 Å². The summed E-state index contributed by atoms with van der Waals surface area (Å²) in [6.07, 6.45) is -2.62.